The van der Waals surface area contributed by atoms with Gasteiger partial charge < -0.3 is 19.7 Å². The van der Waals surface area contributed by atoms with Crippen molar-refractivity contribution in [2.75, 3.05) is 19.8 Å². The second-order valence-corrected chi connectivity index (χ2v) is 3.85. The van der Waals surface area contributed by atoms with Crippen LogP contribution < -0.4 is 0 Å². The van der Waals surface area contributed by atoms with E-state index in [2.05, 4.69) is 9.97 Å². The minimum atomic E-state index is -1.19. The van der Waals surface area contributed by atoms with E-state index in [1.165, 1.54) is 6.33 Å². The molecule has 1 amide bonds. The molecule has 2 heterocycles. The van der Waals surface area contributed by atoms with E-state index in [0.29, 0.717) is 19.8 Å². The predicted molar refractivity (Wildman–Crippen MR) is 56.9 cm³/mol. The van der Waals surface area contributed by atoms with E-state index in [-0.39, 0.29) is 23.3 Å². The van der Waals surface area contributed by atoms with Crippen LogP contribution >= 0.6 is 0 Å². The van der Waals surface area contributed by atoms with Crippen LogP contribution in [0, 0.1) is 0 Å². The molecule has 92 valence electrons. The molecule has 0 aromatic carbocycles. The zero-order chi connectivity index (χ0) is 12.4. The van der Waals surface area contributed by atoms with E-state index >= 15 is 0 Å². The van der Waals surface area contributed by atoms with Crippen molar-refractivity contribution in [3.8, 4) is 0 Å². The summed E-state index contributed by atoms with van der Waals surface area (Å²) < 4.78 is 5.22. The number of nitrogens with one attached hydrogen (secondary N) is 1. The molecule has 1 aromatic rings. The van der Waals surface area contributed by atoms with Gasteiger partial charge in [-0.05, 0) is 6.92 Å². The SMILES string of the molecule is CC1COCCN1C(=O)c1nc[nH]c1C(=O)O. The highest BCUT2D eigenvalue weighted by molar-refractivity contribution is 6.02. The molecule has 1 fully saturated rings. The van der Waals surface area contributed by atoms with Gasteiger partial charge in [0.05, 0.1) is 25.6 Å². The van der Waals surface area contributed by atoms with Crippen LogP contribution in [0.5, 0.6) is 0 Å². The average Bonchev–Trinajstić information content (AvgIpc) is 2.77. The first-order valence-corrected chi connectivity index (χ1v) is 5.26. The molecular weight excluding hydrogens is 226 g/mol. The molecule has 0 saturated carbocycles. The van der Waals surface area contributed by atoms with E-state index in [1.807, 2.05) is 6.92 Å². The lowest BCUT2D eigenvalue weighted by Gasteiger charge is -2.32. The minimum absolute atomic E-state index is 0.0498. The summed E-state index contributed by atoms with van der Waals surface area (Å²) in [6.07, 6.45) is 1.21. The van der Waals surface area contributed by atoms with E-state index in [4.69, 9.17) is 9.84 Å². The average molecular weight is 239 g/mol. The van der Waals surface area contributed by atoms with E-state index in [1.54, 1.807) is 4.90 Å². The topological polar surface area (TPSA) is 95.5 Å². The molecule has 1 unspecified atom stereocenters. The fourth-order valence-electron chi connectivity index (χ4n) is 1.78. The fourth-order valence-corrected chi connectivity index (χ4v) is 1.78. The van der Waals surface area contributed by atoms with Crippen molar-refractivity contribution in [2.45, 2.75) is 13.0 Å². The van der Waals surface area contributed by atoms with Crippen molar-refractivity contribution < 1.29 is 19.4 Å². The number of aromatic nitrogens is 2. The molecule has 1 aliphatic heterocycles. The van der Waals surface area contributed by atoms with Crippen molar-refractivity contribution in [2.24, 2.45) is 0 Å². The molecule has 2 rings (SSSR count). The Kier molecular flexibility index (Phi) is 3.10. The van der Waals surface area contributed by atoms with Crippen molar-refractivity contribution >= 4 is 11.9 Å². The maximum absolute atomic E-state index is 12.1. The number of hydrogen-bond donors (Lipinski definition) is 2. The minimum Gasteiger partial charge on any atom is -0.477 e. The number of morpholine rings is 1. The Morgan fingerprint density at radius 3 is 3.06 bits per heavy atom. The number of carbonyl (C=O) groups excluding carboxylic acids is 1. The molecule has 1 atom stereocenters. The molecule has 0 radical (unpaired) electrons. The lowest BCUT2D eigenvalue weighted by molar-refractivity contribution is 0.00316. The van der Waals surface area contributed by atoms with Crippen molar-refractivity contribution in [1.82, 2.24) is 14.9 Å². The second kappa shape index (κ2) is 4.54. The molecule has 0 spiro atoms. The highest BCUT2D eigenvalue weighted by atomic mass is 16.5. The maximum Gasteiger partial charge on any atom is 0.354 e. The Morgan fingerprint density at radius 2 is 2.41 bits per heavy atom. The number of amides is 1. The first-order valence-electron chi connectivity index (χ1n) is 5.26. The molecule has 1 aliphatic rings. The van der Waals surface area contributed by atoms with Crippen LogP contribution in [0.25, 0.3) is 0 Å². The number of aromatic amines is 1. The maximum atomic E-state index is 12.1. The summed E-state index contributed by atoms with van der Waals surface area (Å²) in [4.78, 5) is 30.8. The van der Waals surface area contributed by atoms with Crippen LogP contribution in [-0.2, 0) is 4.74 Å². The van der Waals surface area contributed by atoms with Gasteiger partial charge in [0, 0.05) is 6.54 Å². The number of hydrogen-bond acceptors (Lipinski definition) is 4. The summed E-state index contributed by atoms with van der Waals surface area (Å²) in [7, 11) is 0. The van der Waals surface area contributed by atoms with Gasteiger partial charge in [0.15, 0.2) is 11.4 Å². The number of H-pyrrole nitrogens is 1. The highest BCUT2D eigenvalue weighted by Crippen LogP contribution is 2.13. The van der Waals surface area contributed by atoms with Gasteiger partial charge in [-0.2, -0.15) is 0 Å². The zero-order valence-corrected chi connectivity index (χ0v) is 9.34. The molecule has 7 nitrogen and oxygen atoms in total. The number of imidazole rings is 1. The molecule has 7 heteroatoms. The Morgan fingerprint density at radius 1 is 1.65 bits per heavy atom. The van der Waals surface area contributed by atoms with Gasteiger partial charge in [0.2, 0.25) is 0 Å². The number of aromatic carboxylic acids is 1. The number of carboxylic acids is 1. The van der Waals surface area contributed by atoms with Crippen molar-refractivity contribution in [3.63, 3.8) is 0 Å². The predicted octanol–water partition coefficient (Wildman–Crippen LogP) is -0.0312. The summed E-state index contributed by atoms with van der Waals surface area (Å²) in [5.74, 6) is -1.56. The third-order valence-electron chi connectivity index (χ3n) is 2.68. The molecule has 0 bridgehead atoms. The number of rotatable bonds is 2. The van der Waals surface area contributed by atoms with Gasteiger partial charge >= 0.3 is 5.97 Å². The van der Waals surface area contributed by atoms with Crippen molar-refractivity contribution in [3.05, 3.63) is 17.7 Å². The van der Waals surface area contributed by atoms with E-state index < -0.39 is 5.97 Å². The summed E-state index contributed by atoms with van der Waals surface area (Å²) in [5, 5.41) is 8.90. The number of nitrogens with zero attached hydrogens (tertiary/aromatic N) is 2. The molecular formula is C10H13N3O4. The zero-order valence-electron chi connectivity index (χ0n) is 9.34. The normalized spacial score (nSPS) is 20.3. The first-order chi connectivity index (χ1) is 8.11. The standard InChI is InChI=1S/C10H13N3O4/c1-6-4-17-3-2-13(6)9(14)7-8(10(15)16)12-5-11-7/h5-6H,2-4H2,1H3,(H,11,12)(H,15,16). The number of carbonyl (C=O) groups is 2. The molecule has 1 saturated heterocycles. The van der Waals surface area contributed by atoms with Gasteiger partial charge in [-0.25, -0.2) is 9.78 Å². The van der Waals surface area contributed by atoms with Crippen LogP contribution in [0.1, 0.15) is 27.9 Å². The van der Waals surface area contributed by atoms with Gasteiger partial charge in [0.1, 0.15) is 0 Å². The number of carboxylic acid groups (broad SMARTS) is 1. The Balaban J connectivity index is 2.24. The Bertz CT molecular complexity index is 443. The van der Waals surface area contributed by atoms with Gasteiger partial charge in [0.25, 0.3) is 5.91 Å². The van der Waals surface area contributed by atoms with Crippen LogP contribution in [0.15, 0.2) is 6.33 Å². The van der Waals surface area contributed by atoms with E-state index in [9.17, 15) is 9.59 Å². The summed E-state index contributed by atoms with van der Waals surface area (Å²) in [6, 6.07) is -0.0744. The van der Waals surface area contributed by atoms with Gasteiger partial charge in [-0.15, -0.1) is 0 Å². The van der Waals surface area contributed by atoms with E-state index in [0.717, 1.165) is 0 Å². The number of ether oxygens (including phenoxy) is 1. The molecule has 17 heavy (non-hydrogen) atoms. The lowest BCUT2D eigenvalue weighted by Crippen LogP contribution is -2.47. The van der Waals surface area contributed by atoms with Crippen LogP contribution in [0.4, 0.5) is 0 Å². The lowest BCUT2D eigenvalue weighted by atomic mass is 10.2. The third-order valence-corrected chi connectivity index (χ3v) is 2.68. The van der Waals surface area contributed by atoms with Crippen LogP contribution in [0.2, 0.25) is 0 Å². The monoisotopic (exact) mass is 239 g/mol. The largest absolute Gasteiger partial charge is 0.477 e. The van der Waals surface area contributed by atoms with Crippen LogP contribution in [0.3, 0.4) is 0 Å². The quantitative estimate of drug-likeness (QED) is 0.755. The molecule has 1 aromatic heterocycles. The third kappa shape index (κ3) is 2.14. The van der Waals surface area contributed by atoms with Gasteiger partial charge in [-0.1, -0.05) is 0 Å². The molecule has 2 N–H and O–H groups in total. The summed E-state index contributed by atoms with van der Waals surface area (Å²) >= 11 is 0. The highest BCUT2D eigenvalue weighted by Gasteiger charge is 2.29. The Labute approximate surface area is 97.4 Å². The van der Waals surface area contributed by atoms with Crippen LogP contribution in [-0.4, -0.2) is 57.7 Å². The smallest absolute Gasteiger partial charge is 0.354 e. The second-order valence-electron chi connectivity index (χ2n) is 3.85. The fraction of sp³-hybridized carbons (Fsp3) is 0.500. The van der Waals surface area contributed by atoms with Gasteiger partial charge in [-0.3, -0.25) is 4.79 Å². The van der Waals surface area contributed by atoms with Crippen molar-refractivity contribution in [1.29, 1.82) is 0 Å². The first kappa shape index (κ1) is 11.6. The molecule has 0 aliphatic carbocycles. The Hall–Kier alpha value is -1.89. The summed E-state index contributed by atoms with van der Waals surface area (Å²) in [5.41, 5.74) is -0.222. The summed E-state index contributed by atoms with van der Waals surface area (Å²) in [6.45, 7) is 3.22.